The second kappa shape index (κ2) is 5.54. The highest BCUT2D eigenvalue weighted by atomic mass is 32.2. The monoisotopic (exact) mass is 304 g/mol. The number of carbonyl (C=O) groups excluding carboxylic acids is 1. The SMILES string of the molecule is O=CC1CCCN(S(=O)(=O)c2cccc3ncccc23)C1. The van der Waals surface area contributed by atoms with Gasteiger partial charge in [0.2, 0.25) is 10.0 Å². The van der Waals surface area contributed by atoms with Crippen LogP contribution in [0.3, 0.4) is 0 Å². The first-order valence-electron chi connectivity index (χ1n) is 6.92. The molecular weight excluding hydrogens is 288 g/mol. The van der Waals surface area contributed by atoms with Gasteiger partial charge in [-0.3, -0.25) is 4.98 Å². The van der Waals surface area contributed by atoms with Crippen LogP contribution >= 0.6 is 0 Å². The number of sulfonamides is 1. The molecular formula is C15H16N2O3S. The zero-order valence-electron chi connectivity index (χ0n) is 11.5. The maximum absolute atomic E-state index is 12.8. The summed E-state index contributed by atoms with van der Waals surface area (Å²) in [5.41, 5.74) is 0.655. The summed E-state index contributed by atoms with van der Waals surface area (Å²) in [7, 11) is -3.60. The van der Waals surface area contributed by atoms with Gasteiger partial charge in [-0.05, 0) is 37.1 Å². The molecule has 0 N–H and O–H groups in total. The van der Waals surface area contributed by atoms with E-state index in [9.17, 15) is 13.2 Å². The van der Waals surface area contributed by atoms with Crippen LogP contribution in [-0.4, -0.2) is 37.1 Å². The van der Waals surface area contributed by atoms with Crippen molar-refractivity contribution < 1.29 is 13.2 Å². The molecule has 1 atom stereocenters. The molecule has 2 aromatic rings. The zero-order valence-corrected chi connectivity index (χ0v) is 12.3. The Morgan fingerprint density at radius 2 is 2.10 bits per heavy atom. The lowest BCUT2D eigenvalue weighted by atomic mass is 10.0. The maximum atomic E-state index is 12.8. The van der Waals surface area contributed by atoms with Crippen LogP contribution in [0.5, 0.6) is 0 Å². The summed E-state index contributed by atoms with van der Waals surface area (Å²) in [6, 6.07) is 8.58. The highest BCUT2D eigenvalue weighted by Gasteiger charge is 2.31. The van der Waals surface area contributed by atoms with Gasteiger partial charge in [-0.2, -0.15) is 4.31 Å². The van der Waals surface area contributed by atoms with Gasteiger partial charge < -0.3 is 4.79 Å². The Kier molecular flexibility index (Phi) is 3.73. The third-order valence-corrected chi connectivity index (χ3v) is 5.76. The molecule has 0 spiro atoms. The van der Waals surface area contributed by atoms with Gasteiger partial charge >= 0.3 is 0 Å². The van der Waals surface area contributed by atoms with E-state index in [1.54, 1.807) is 36.5 Å². The minimum absolute atomic E-state index is 0.207. The fourth-order valence-corrected chi connectivity index (χ4v) is 4.48. The van der Waals surface area contributed by atoms with E-state index in [-0.39, 0.29) is 17.4 Å². The second-order valence-electron chi connectivity index (χ2n) is 5.23. The van der Waals surface area contributed by atoms with Crippen molar-refractivity contribution >= 4 is 27.2 Å². The third kappa shape index (κ3) is 2.56. The van der Waals surface area contributed by atoms with Crippen molar-refractivity contribution in [3.63, 3.8) is 0 Å². The summed E-state index contributed by atoms with van der Waals surface area (Å²) >= 11 is 0. The molecule has 110 valence electrons. The Labute approximate surface area is 123 Å². The van der Waals surface area contributed by atoms with Crippen LogP contribution < -0.4 is 0 Å². The second-order valence-corrected chi connectivity index (χ2v) is 7.13. The zero-order chi connectivity index (χ0) is 14.9. The molecule has 0 aliphatic carbocycles. The molecule has 1 aromatic carbocycles. The normalized spacial score (nSPS) is 20.5. The Morgan fingerprint density at radius 1 is 1.24 bits per heavy atom. The van der Waals surface area contributed by atoms with Gasteiger partial charge in [0.05, 0.1) is 10.4 Å². The van der Waals surface area contributed by atoms with Crippen molar-refractivity contribution in [2.75, 3.05) is 13.1 Å². The number of hydrogen-bond donors (Lipinski definition) is 0. The minimum atomic E-state index is -3.60. The summed E-state index contributed by atoms with van der Waals surface area (Å²) in [6.07, 6.45) is 3.96. The van der Waals surface area contributed by atoms with Crippen LogP contribution in [0, 0.1) is 5.92 Å². The number of fused-ring (bicyclic) bond motifs is 1. The molecule has 2 heterocycles. The van der Waals surface area contributed by atoms with Crippen molar-refractivity contribution in [3.8, 4) is 0 Å². The number of pyridine rings is 1. The third-order valence-electron chi connectivity index (χ3n) is 3.84. The van der Waals surface area contributed by atoms with Crippen molar-refractivity contribution in [2.24, 2.45) is 5.92 Å². The van der Waals surface area contributed by atoms with Crippen LogP contribution in [0.2, 0.25) is 0 Å². The van der Waals surface area contributed by atoms with Crippen molar-refractivity contribution in [1.82, 2.24) is 9.29 Å². The van der Waals surface area contributed by atoms with E-state index >= 15 is 0 Å². The van der Waals surface area contributed by atoms with Crippen LogP contribution in [0.4, 0.5) is 0 Å². The fourth-order valence-electron chi connectivity index (χ4n) is 2.74. The van der Waals surface area contributed by atoms with E-state index in [1.165, 1.54) is 4.31 Å². The molecule has 1 fully saturated rings. The summed E-state index contributed by atoms with van der Waals surface area (Å²) in [4.78, 5) is 15.4. The highest BCUT2D eigenvalue weighted by molar-refractivity contribution is 7.89. The lowest BCUT2D eigenvalue weighted by Crippen LogP contribution is -2.40. The largest absolute Gasteiger partial charge is 0.303 e. The maximum Gasteiger partial charge on any atom is 0.243 e. The molecule has 1 aromatic heterocycles. The fraction of sp³-hybridized carbons (Fsp3) is 0.333. The average Bonchev–Trinajstić information content (AvgIpc) is 2.54. The molecule has 1 unspecified atom stereocenters. The van der Waals surface area contributed by atoms with Gasteiger partial charge in [-0.25, -0.2) is 8.42 Å². The van der Waals surface area contributed by atoms with Gasteiger partial charge in [-0.1, -0.05) is 6.07 Å². The van der Waals surface area contributed by atoms with E-state index in [0.29, 0.717) is 23.9 Å². The lowest BCUT2D eigenvalue weighted by molar-refractivity contribution is -0.112. The Bertz CT molecular complexity index is 768. The number of aromatic nitrogens is 1. The molecule has 0 saturated carbocycles. The van der Waals surface area contributed by atoms with E-state index in [2.05, 4.69) is 4.98 Å². The Balaban J connectivity index is 2.06. The molecule has 1 saturated heterocycles. The first-order valence-corrected chi connectivity index (χ1v) is 8.36. The smallest absolute Gasteiger partial charge is 0.243 e. The first-order chi connectivity index (χ1) is 10.1. The molecule has 1 aliphatic rings. The number of rotatable bonds is 3. The summed E-state index contributed by atoms with van der Waals surface area (Å²) in [5, 5.41) is 0.619. The molecule has 0 amide bonds. The van der Waals surface area contributed by atoms with E-state index < -0.39 is 10.0 Å². The number of nitrogens with zero attached hydrogens (tertiary/aromatic N) is 2. The molecule has 0 bridgehead atoms. The van der Waals surface area contributed by atoms with Crippen LogP contribution in [-0.2, 0) is 14.8 Å². The van der Waals surface area contributed by atoms with Crippen molar-refractivity contribution in [1.29, 1.82) is 0 Å². The van der Waals surface area contributed by atoms with Gasteiger partial charge in [0, 0.05) is 30.6 Å². The predicted octanol–water partition coefficient (Wildman–Crippen LogP) is 1.83. The van der Waals surface area contributed by atoms with Crippen molar-refractivity contribution in [2.45, 2.75) is 17.7 Å². The van der Waals surface area contributed by atoms with Crippen LogP contribution in [0.15, 0.2) is 41.4 Å². The van der Waals surface area contributed by atoms with E-state index in [1.807, 2.05) is 0 Å². The topological polar surface area (TPSA) is 67.3 Å². The van der Waals surface area contributed by atoms with Gasteiger partial charge in [0.1, 0.15) is 6.29 Å². The summed E-state index contributed by atoms with van der Waals surface area (Å²) in [6.45, 7) is 0.728. The molecule has 3 rings (SSSR count). The van der Waals surface area contributed by atoms with Crippen LogP contribution in [0.1, 0.15) is 12.8 Å². The summed E-state index contributed by atoms with van der Waals surface area (Å²) < 4.78 is 27.1. The molecule has 6 heteroatoms. The molecule has 21 heavy (non-hydrogen) atoms. The molecule has 0 radical (unpaired) electrons. The van der Waals surface area contributed by atoms with E-state index in [4.69, 9.17) is 0 Å². The average molecular weight is 304 g/mol. The molecule has 1 aliphatic heterocycles. The lowest BCUT2D eigenvalue weighted by Gasteiger charge is -2.29. The number of aldehydes is 1. The Morgan fingerprint density at radius 3 is 2.90 bits per heavy atom. The number of carbonyl (C=O) groups is 1. The number of hydrogen-bond acceptors (Lipinski definition) is 4. The highest BCUT2D eigenvalue weighted by Crippen LogP contribution is 2.27. The van der Waals surface area contributed by atoms with Gasteiger partial charge in [0.25, 0.3) is 0 Å². The molecule has 5 nitrogen and oxygen atoms in total. The summed E-state index contributed by atoms with van der Waals surface area (Å²) in [5.74, 6) is -0.207. The van der Waals surface area contributed by atoms with E-state index in [0.717, 1.165) is 12.7 Å². The van der Waals surface area contributed by atoms with Crippen LogP contribution in [0.25, 0.3) is 10.9 Å². The first kappa shape index (κ1) is 14.2. The van der Waals surface area contributed by atoms with Crippen molar-refractivity contribution in [3.05, 3.63) is 36.5 Å². The minimum Gasteiger partial charge on any atom is -0.303 e. The quantitative estimate of drug-likeness (QED) is 0.811. The predicted molar refractivity (Wildman–Crippen MR) is 79.3 cm³/mol. The number of benzene rings is 1. The standard InChI is InChI=1S/C15H16N2O3S/c18-11-12-4-3-9-17(10-12)21(19,20)15-7-1-6-14-13(15)5-2-8-16-14/h1-2,5-8,11-12H,3-4,9-10H2. The number of piperidine rings is 1. The van der Waals surface area contributed by atoms with Gasteiger partial charge in [-0.15, -0.1) is 0 Å². The van der Waals surface area contributed by atoms with Gasteiger partial charge in [0.15, 0.2) is 0 Å². The Hall–Kier alpha value is -1.79.